The van der Waals surface area contributed by atoms with E-state index in [9.17, 15) is 24.8 Å². The molecule has 0 atom stereocenters. The highest BCUT2D eigenvalue weighted by atomic mass is 16.6. The highest BCUT2D eigenvalue weighted by Gasteiger charge is 2.18. The first-order valence-corrected chi connectivity index (χ1v) is 10.8. The number of carbonyl (C=O) groups is 2. The molecule has 3 rings (SSSR count). The van der Waals surface area contributed by atoms with Crippen LogP contribution < -0.4 is 15.5 Å². The van der Waals surface area contributed by atoms with Gasteiger partial charge in [-0.15, -0.1) is 0 Å². The fourth-order valence-electron chi connectivity index (χ4n) is 3.25. The van der Waals surface area contributed by atoms with Crippen molar-refractivity contribution in [2.45, 2.75) is 13.8 Å². The molecule has 3 aromatic carbocycles. The zero-order valence-electron chi connectivity index (χ0n) is 19.8. The first kappa shape index (κ1) is 25.6. The molecule has 0 unspecified atom stereocenters. The number of para-hydroxylation sites is 1. The SMILES string of the molecule is COc1ccc(C=C(NC(=O)c2ccccc2)C(=O)N/N=C(\C)c2cccc(C)c2O)cc1[N+](=O)[O-]. The van der Waals surface area contributed by atoms with E-state index in [1.807, 2.05) is 0 Å². The summed E-state index contributed by atoms with van der Waals surface area (Å²) >= 11 is 0. The molecule has 184 valence electrons. The van der Waals surface area contributed by atoms with Gasteiger partial charge in [0.2, 0.25) is 0 Å². The van der Waals surface area contributed by atoms with E-state index < -0.39 is 16.7 Å². The van der Waals surface area contributed by atoms with Gasteiger partial charge < -0.3 is 15.2 Å². The van der Waals surface area contributed by atoms with Crippen LogP contribution in [0.25, 0.3) is 6.08 Å². The molecule has 0 heterocycles. The van der Waals surface area contributed by atoms with E-state index in [0.717, 1.165) is 0 Å². The van der Waals surface area contributed by atoms with Crippen LogP contribution in [0.15, 0.2) is 77.5 Å². The molecular formula is C26H24N4O6. The Kier molecular flexibility index (Phi) is 8.14. The molecule has 0 fully saturated rings. The molecule has 36 heavy (non-hydrogen) atoms. The zero-order chi connectivity index (χ0) is 26.2. The topological polar surface area (TPSA) is 143 Å². The summed E-state index contributed by atoms with van der Waals surface area (Å²) in [6.45, 7) is 3.34. The summed E-state index contributed by atoms with van der Waals surface area (Å²) in [7, 11) is 1.31. The highest BCUT2D eigenvalue weighted by Crippen LogP contribution is 2.28. The van der Waals surface area contributed by atoms with E-state index >= 15 is 0 Å². The second kappa shape index (κ2) is 11.4. The van der Waals surface area contributed by atoms with Gasteiger partial charge in [-0.25, -0.2) is 5.43 Å². The summed E-state index contributed by atoms with van der Waals surface area (Å²) < 4.78 is 5.01. The minimum absolute atomic E-state index is 0.0340. The molecule has 3 aromatic rings. The zero-order valence-corrected chi connectivity index (χ0v) is 19.8. The number of amides is 2. The summed E-state index contributed by atoms with van der Waals surface area (Å²) in [4.78, 5) is 36.5. The van der Waals surface area contributed by atoms with Gasteiger partial charge in [-0.2, -0.15) is 5.10 Å². The molecule has 0 aromatic heterocycles. The van der Waals surface area contributed by atoms with Gasteiger partial charge in [-0.05, 0) is 55.3 Å². The lowest BCUT2D eigenvalue weighted by Crippen LogP contribution is -2.33. The number of hydrogen-bond donors (Lipinski definition) is 3. The Bertz CT molecular complexity index is 1370. The molecule has 3 N–H and O–H groups in total. The second-order valence-electron chi connectivity index (χ2n) is 7.68. The molecule has 10 nitrogen and oxygen atoms in total. The Labute approximate surface area is 207 Å². The molecule has 0 saturated heterocycles. The predicted molar refractivity (Wildman–Crippen MR) is 135 cm³/mol. The Morgan fingerprint density at radius 1 is 1.08 bits per heavy atom. The molecule has 0 aliphatic rings. The van der Waals surface area contributed by atoms with E-state index in [-0.39, 0.29) is 28.4 Å². The van der Waals surface area contributed by atoms with E-state index in [2.05, 4.69) is 15.8 Å². The third-order valence-corrected chi connectivity index (χ3v) is 5.19. The average molecular weight is 489 g/mol. The number of aryl methyl sites for hydroxylation is 1. The Hall–Kier alpha value is -4.99. The molecule has 0 saturated carbocycles. The Morgan fingerprint density at radius 2 is 1.81 bits per heavy atom. The van der Waals surface area contributed by atoms with Gasteiger partial charge in [0, 0.05) is 17.2 Å². The number of benzene rings is 3. The van der Waals surface area contributed by atoms with Crippen LogP contribution in [0, 0.1) is 17.0 Å². The van der Waals surface area contributed by atoms with Crippen molar-refractivity contribution < 1.29 is 24.4 Å². The monoisotopic (exact) mass is 488 g/mol. The first-order valence-electron chi connectivity index (χ1n) is 10.8. The van der Waals surface area contributed by atoms with Crippen LogP contribution in [0.3, 0.4) is 0 Å². The van der Waals surface area contributed by atoms with Crippen molar-refractivity contribution in [3.63, 3.8) is 0 Å². The van der Waals surface area contributed by atoms with Crippen molar-refractivity contribution in [3.05, 3.63) is 105 Å². The van der Waals surface area contributed by atoms with Crippen molar-refractivity contribution in [2.24, 2.45) is 5.10 Å². The Balaban J connectivity index is 1.96. The largest absolute Gasteiger partial charge is 0.507 e. The van der Waals surface area contributed by atoms with Crippen molar-refractivity contribution in [2.75, 3.05) is 7.11 Å². The number of nitrogens with one attached hydrogen (secondary N) is 2. The maximum absolute atomic E-state index is 13.0. The summed E-state index contributed by atoms with van der Waals surface area (Å²) in [6, 6.07) is 17.5. The molecule has 0 spiro atoms. The number of ether oxygens (including phenoxy) is 1. The van der Waals surface area contributed by atoms with Crippen LogP contribution in [0.2, 0.25) is 0 Å². The minimum Gasteiger partial charge on any atom is -0.507 e. The van der Waals surface area contributed by atoms with Crippen LogP contribution in [-0.2, 0) is 4.79 Å². The van der Waals surface area contributed by atoms with Gasteiger partial charge in [0.15, 0.2) is 5.75 Å². The van der Waals surface area contributed by atoms with Crippen molar-refractivity contribution >= 4 is 29.3 Å². The number of hydrogen-bond acceptors (Lipinski definition) is 7. The molecule has 2 amide bonds. The number of rotatable bonds is 8. The number of carbonyl (C=O) groups excluding carboxylic acids is 2. The average Bonchev–Trinajstić information content (AvgIpc) is 2.88. The second-order valence-corrected chi connectivity index (χ2v) is 7.68. The number of hydrazone groups is 1. The number of phenols is 1. The standard InChI is InChI=1S/C26H24N4O6/c1-16-8-7-11-20(24(16)31)17(2)28-29-26(33)21(27-25(32)19-9-5-4-6-10-19)14-18-12-13-23(36-3)22(15-18)30(34)35/h4-15,31H,1-3H3,(H,27,32)(H,29,33)/b21-14?,28-17+. The first-order chi connectivity index (χ1) is 17.2. The van der Waals surface area contributed by atoms with Gasteiger partial charge in [0.1, 0.15) is 11.4 Å². The maximum Gasteiger partial charge on any atom is 0.311 e. The fourth-order valence-corrected chi connectivity index (χ4v) is 3.25. The predicted octanol–water partition coefficient (Wildman–Crippen LogP) is 3.93. The third-order valence-electron chi connectivity index (χ3n) is 5.19. The van der Waals surface area contributed by atoms with E-state index in [1.54, 1.807) is 62.4 Å². The van der Waals surface area contributed by atoms with Gasteiger partial charge in [-0.3, -0.25) is 19.7 Å². The van der Waals surface area contributed by atoms with Crippen LogP contribution in [0.4, 0.5) is 5.69 Å². The number of nitro benzene ring substituents is 1. The number of nitrogens with zero attached hydrogens (tertiary/aromatic N) is 2. The summed E-state index contributed by atoms with van der Waals surface area (Å²) in [5.41, 5.74) is 3.85. The van der Waals surface area contributed by atoms with Crippen LogP contribution >= 0.6 is 0 Å². The molecule has 0 bridgehead atoms. The highest BCUT2D eigenvalue weighted by molar-refractivity contribution is 6.06. The number of methoxy groups -OCH3 is 1. The maximum atomic E-state index is 13.0. The number of phenolic OH excluding ortho intramolecular Hbond substituents is 1. The lowest BCUT2D eigenvalue weighted by atomic mass is 10.1. The molecule has 0 radical (unpaired) electrons. The smallest absolute Gasteiger partial charge is 0.311 e. The lowest BCUT2D eigenvalue weighted by molar-refractivity contribution is -0.385. The van der Waals surface area contributed by atoms with Gasteiger partial charge in [-0.1, -0.05) is 36.4 Å². The molecule has 0 aliphatic carbocycles. The van der Waals surface area contributed by atoms with E-state index in [0.29, 0.717) is 22.4 Å². The van der Waals surface area contributed by atoms with Gasteiger partial charge in [0.25, 0.3) is 11.8 Å². The summed E-state index contributed by atoms with van der Waals surface area (Å²) in [5, 5.41) is 28.2. The normalized spacial score (nSPS) is 11.5. The Morgan fingerprint density at radius 3 is 2.47 bits per heavy atom. The molecule has 10 heteroatoms. The third kappa shape index (κ3) is 6.11. The van der Waals surface area contributed by atoms with Crippen LogP contribution in [-0.4, -0.2) is 34.7 Å². The van der Waals surface area contributed by atoms with Crippen LogP contribution in [0.5, 0.6) is 11.5 Å². The van der Waals surface area contributed by atoms with Crippen molar-refractivity contribution in [1.29, 1.82) is 0 Å². The fraction of sp³-hybridized carbons (Fsp3) is 0.115. The minimum atomic E-state index is -0.774. The summed E-state index contributed by atoms with van der Waals surface area (Å²) in [6.07, 6.45) is 1.29. The van der Waals surface area contributed by atoms with Gasteiger partial charge in [0.05, 0.1) is 17.7 Å². The van der Waals surface area contributed by atoms with E-state index in [4.69, 9.17) is 4.74 Å². The van der Waals surface area contributed by atoms with Crippen molar-refractivity contribution in [3.8, 4) is 11.5 Å². The molecular weight excluding hydrogens is 464 g/mol. The van der Waals surface area contributed by atoms with Crippen LogP contribution in [0.1, 0.15) is 34.0 Å². The number of nitro groups is 1. The quantitative estimate of drug-likeness (QED) is 0.190. The summed E-state index contributed by atoms with van der Waals surface area (Å²) in [5.74, 6) is -1.25. The van der Waals surface area contributed by atoms with E-state index in [1.165, 1.54) is 31.4 Å². The lowest BCUT2D eigenvalue weighted by Gasteiger charge is -2.11. The molecule has 0 aliphatic heterocycles. The number of aromatic hydroxyl groups is 1. The van der Waals surface area contributed by atoms with Crippen molar-refractivity contribution in [1.82, 2.24) is 10.7 Å². The van der Waals surface area contributed by atoms with Gasteiger partial charge >= 0.3 is 5.69 Å².